The molecule has 27 heavy (non-hydrogen) atoms. The summed E-state index contributed by atoms with van der Waals surface area (Å²) in [7, 11) is 1.60. The van der Waals surface area contributed by atoms with Crippen molar-refractivity contribution in [1.29, 1.82) is 0 Å². The van der Waals surface area contributed by atoms with E-state index in [4.69, 9.17) is 9.15 Å². The fourth-order valence-corrected chi connectivity index (χ4v) is 2.61. The van der Waals surface area contributed by atoms with Gasteiger partial charge in [-0.1, -0.05) is 12.1 Å². The monoisotopic (exact) mass is 366 g/mol. The zero-order valence-corrected chi connectivity index (χ0v) is 14.8. The van der Waals surface area contributed by atoms with Crippen LogP contribution in [0.1, 0.15) is 29.1 Å². The molecule has 0 bridgehead atoms. The number of ether oxygens (including phenoxy) is 1. The predicted octanol–water partition coefficient (Wildman–Crippen LogP) is 4.35. The van der Waals surface area contributed by atoms with Crippen molar-refractivity contribution in [2.75, 3.05) is 7.11 Å². The van der Waals surface area contributed by atoms with E-state index in [1.165, 1.54) is 12.1 Å². The molecule has 1 amide bonds. The van der Waals surface area contributed by atoms with E-state index in [9.17, 15) is 14.9 Å². The molecule has 7 nitrogen and oxygen atoms in total. The van der Waals surface area contributed by atoms with Crippen molar-refractivity contribution in [3.8, 4) is 17.1 Å². The first-order chi connectivity index (χ1) is 13.0. The Kier molecular flexibility index (Phi) is 5.21. The van der Waals surface area contributed by atoms with E-state index in [-0.39, 0.29) is 23.4 Å². The van der Waals surface area contributed by atoms with Crippen LogP contribution in [0.3, 0.4) is 0 Å². The van der Waals surface area contributed by atoms with Gasteiger partial charge in [0.05, 0.1) is 18.1 Å². The topological polar surface area (TPSA) is 94.6 Å². The molecule has 0 aliphatic rings. The Labute approximate surface area is 155 Å². The number of carbonyl (C=O) groups is 1. The molecule has 138 valence electrons. The molecule has 1 unspecified atom stereocenters. The first-order valence-corrected chi connectivity index (χ1v) is 8.27. The van der Waals surface area contributed by atoms with Crippen LogP contribution in [0, 0.1) is 10.1 Å². The van der Waals surface area contributed by atoms with Crippen molar-refractivity contribution in [3.63, 3.8) is 0 Å². The predicted molar refractivity (Wildman–Crippen MR) is 99.7 cm³/mol. The van der Waals surface area contributed by atoms with E-state index in [1.807, 2.05) is 31.2 Å². The number of nitrogens with one attached hydrogen (secondary N) is 1. The number of methoxy groups -OCH3 is 1. The van der Waals surface area contributed by atoms with Gasteiger partial charge >= 0.3 is 0 Å². The molecule has 0 fully saturated rings. The van der Waals surface area contributed by atoms with Crippen LogP contribution in [0.4, 0.5) is 5.69 Å². The number of nitro groups is 1. The van der Waals surface area contributed by atoms with Gasteiger partial charge in [-0.05, 0) is 48.9 Å². The molecule has 1 atom stereocenters. The van der Waals surface area contributed by atoms with E-state index in [2.05, 4.69) is 5.32 Å². The molecule has 0 radical (unpaired) electrons. The number of carbonyl (C=O) groups excluding carboxylic acids is 1. The van der Waals surface area contributed by atoms with Gasteiger partial charge in [0.2, 0.25) is 0 Å². The van der Waals surface area contributed by atoms with Crippen LogP contribution in [0.5, 0.6) is 5.75 Å². The highest BCUT2D eigenvalue weighted by atomic mass is 16.6. The molecule has 3 rings (SSSR count). The number of hydrogen-bond donors (Lipinski definition) is 1. The summed E-state index contributed by atoms with van der Waals surface area (Å²) in [6.45, 7) is 1.87. The summed E-state index contributed by atoms with van der Waals surface area (Å²) in [6.07, 6.45) is 0. The van der Waals surface area contributed by atoms with Crippen molar-refractivity contribution in [1.82, 2.24) is 5.32 Å². The number of nitrogens with zero attached hydrogens (tertiary/aromatic N) is 1. The Bertz CT molecular complexity index is 945. The van der Waals surface area contributed by atoms with Gasteiger partial charge in [0.25, 0.3) is 11.6 Å². The van der Waals surface area contributed by atoms with Crippen LogP contribution < -0.4 is 10.1 Å². The number of hydrogen-bond acceptors (Lipinski definition) is 5. The summed E-state index contributed by atoms with van der Waals surface area (Å²) in [4.78, 5) is 22.7. The van der Waals surface area contributed by atoms with Crippen LogP contribution in [0.2, 0.25) is 0 Å². The first kappa shape index (κ1) is 18.2. The fourth-order valence-electron chi connectivity index (χ4n) is 2.61. The molecule has 0 saturated heterocycles. The second-order valence-corrected chi connectivity index (χ2v) is 5.94. The summed E-state index contributed by atoms with van der Waals surface area (Å²) < 4.78 is 10.7. The van der Waals surface area contributed by atoms with E-state index in [0.717, 1.165) is 11.3 Å². The quantitative estimate of drug-likeness (QED) is 0.517. The second kappa shape index (κ2) is 7.74. The summed E-state index contributed by atoms with van der Waals surface area (Å²) in [5.41, 5.74) is 1.59. The maximum absolute atomic E-state index is 12.4. The van der Waals surface area contributed by atoms with Gasteiger partial charge in [0.15, 0.2) is 5.76 Å². The molecule has 1 aromatic heterocycles. The van der Waals surface area contributed by atoms with E-state index >= 15 is 0 Å². The maximum Gasteiger partial charge on any atom is 0.287 e. The Balaban J connectivity index is 1.69. The van der Waals surface area contributed by atoms with Crippen LogP contribution in [-0.2, 0) is 0 Å². The lowest BCUT2D eigenvalue weighted by Gasteiger charge is -2.13. The average Bonchev–Trinajstić information content (AvgIpc) is 3.18. The summed E-state index contributed by atoms with van der Waals surface area (Å²) >= 11 is 0. The smallest absolute Gasteiger partial charge is 0.287 e. The SMILES string of the molecule is COc1ccc(C(C)NC(=O)c2ccc(-c3ccc([N+](=O)[O-])cc3)o2)cc1. The van der Waals surface area contributed by atoms with Crippen LogP contribution in [0.25, 0.3) is 11.3 Å². The highest BCUT2D eigenvalue weighted by Gasteiger charge is 2.16. The van der Waals surface area contributed by atoms with Crippen LogP contribution in [-0.4, -0.2) is 17.9 Å². The molecule has 3 aromatic rings. The highest BCUT2D eigenvalue weighted by molar-refractivity contribution is 5.92. The van der Waals surface area contributed by atoms with Crippen molar-refractivity contribution < 1.29 is 18.9 Å². The minimum absolute atomic E-state index is 0.00316. The third-order valence-corrected chi connectivity index (χ3v) is 4.16. The molecule has 0 aliphatic heterocycles. The Morgan fingerprint density at radius 1 is 1.07 bits per heavy atom. The third-order valence-electron chi connectivity index (χ3n) is 4.16. The lowest BCUT2D eigenvalue weighted by atomic mass is 10.1. The number of benzene rings is 2. The molecule has 0 saturated carbocycles. The number of nitro benzene ring substituents is 1. The van der Waals surface area contributed by atoms with Gasteiger partial charge in [-0.2, -0.15) is 0 Å². The normalized spacial score (nSPS) is 11.6. The molecule has 0 spiro atoms. The minimum Gasteiger partial charge on any atom is -0.497 e. The summed E-state index contributed by atoms with van der Waals surface area (Å²) in [5, 5.41) is 13.6. The molecule has 2 aromatic carbocycles. The van der Waals surface area contributed by atoms with Gasteiger partial charge in [0, 0.05) is 17.7 Å². The summed E-state index contributed by atoms with van der Waals surface area (Å²) in [6, 6.07) is 16.4. The number of rotatable bonds is 6. The van der Waals surface area contributed by atoms with E-state index in [1.54, 1.807) is 31.4 Å². The molecule has 1 N–H and O–H groups in total. The fraction of sp³-hybridized carbons (Fsp3) is 0.150. The van der Waals surface area contributed by atoms with Gasteiger partial charge in [0.1, 0.15) is 11.5 Å². The Morgan fingerprint density at radius 3 is 2.33 bits per heavy atom. The number of amides is 1. The van der Waals surface area contributed by atoms with Crippen molar-refractivity contribution in [2.24, 2.45) is 0 Å². The van der Waals surface area contributed by atoms with Crippen LogP contribution in [0.15, 0.2) is 65.1 Å². The van der Waals surface area contributed by atoms with Crippen LogP contribution >= 0.6 is 0 Å². The lowest BCUT2D eigenvalue weighted by molar-refractivity contribution is -0.384. The first-order valence-electron chi connectivity index (χ1n) is 8.27. The maximum atomic E-state index is 12.4. The number of furan rings is 1. The lowest BCUT2D eigenvalue weighted by Crippen LogP contribution is -2.26. The third kappa shape index (κ3) is 4.14. The number of non-ortho nitro benzene ring substituents is 1. The van der Waals surface area contributed by atoms with Crippen molar-refractivity contribution >= 4 is 11.6 Å². The van der Waals surface area contributed by atoms with Gasteiger partial charge in [-0.25, -0.2) is 0 Å². The van der Waals surface area contributed by atoms with E-state index in [0.29, 0.717) is 11.3 Å². The molecule has 0 aliphatic carbocycles. The minimum atomic E-state index is -0.467. The van der Waals surface area contributed by atoms with Crippen molar-refractivity contribution in [2.45, 2.75) is 13.0 Å². The van der Waals surface area contributed by atoms with E-state index < -0.39 is 4.92 Å². The highest BCUT2D eigenvalue weighted by Crippen LogP contribution is 2.25. The van der Waals surface area contributed by atoms with Gasteiger partial charge in [-0.3, -0.25) is 14.9 Å². The Morgan fingerprint density at radius 2 is 1.74 bits per heavy atom. The Hall–Kier alpha value is -3.61. The zero-order chi connectivity index (χ0) is 19.4. The van der Waals surface area contributed by atoms with Gasteiger partial charge < -0.3 is 14.5 Å². The molecule has 7 heteroatoms. The molecule has 1 heterocycles. The molecular formula is C20H18N2O5. The summed E-state index contributed by atoms with van der Waals surface area (Å²) in [5.74, 6) is 1.04. The molecular weight excluding hydrogens is 348 g/mol. The van der Waals surface area contributed by atoms with Gasteiger partial charge in [-0.15, -0.1) is 0 Å². The largest absolute Gasteiger partial charge is 0.497 e. The zero-order valence-electron chi connectivity index (χ0n) is 14.8. The average molecular weight is 366 g/mol. The second-order valence-electron chi connectivity index (χ2n) is 5.94. The van der Waals surface area contributed by atoms with Crippen molar-refractivity contribution in [3.05, 3.63) is 82.1 Å². The standard InChI is InChI=1S/C20H18N2O5/c1-13(14-5-9-17(26-2)10-6-14)21-20(23)19-12-11-18(27-19)15-3-7-16(8-4-15)22(24)25/h3-13H,1-2H3,(H,21,23).